The zero-order valence-electron chi connectivity index (χ0n) is 16.7. The van der Waals surface area contributed by atoms with Crippen LogP contribution in [0.15, 0.2) is 24.4 Å². The minimum absolute atomic E-state index is 0.0834. The van der Waals surface area contributed by atoms with Crippen LogP contribution >= 0.6 is 0 Å². The minimum Gasteiger partial charge on any atom is -0.480 e. The molecule has 2 fully saturated rings. The molecular formula is C22H27N3O3. The summed E-state index contributed by atoms with van der Waals surface area (Å²) in [5, 5.41) is 10.7. The van der Waals surface area contributed by atoms with Crippen molar-refractivity contribution in [1.29, 1.82) is 0 Å². The van der Waals surface area contributed by atoms with Crippen molar-refractivity contribution in [3.63, 3.8) is 0 Å². The highest BCUT2D eigenvalue weighted by Gasteiger charge is 2.49. The number of nitrogens with zero attached hydrogens (tertiary/aromatic N) is 3. The van der Waals surface area contributed by atoms with E-state index in [0.29, 0.717) is 13.0 Å². The number of fused-ring (bicyclic) bond motifs is 1. The Morgan fingerprint density at radius 2 is 1.93 bits per heavy atom. The lowest BCUT2D eigenvalue weighted by atomic mass is 9.76. The zero-order valence-corrected chi connectivity index (χ0v) is 16.7. The van der Waals surface area contributed by atoms with Crippen molar-refractivity contribution < 1.29 is 14.7 Å². The molecular weight excluding hydrogens is 354 g/mol. The van der Waals surface area contributed by atoms with E-state index < -0.39 is 12.0 Å². The smallest absolute Gasteiger partial charge is 0.326 e. The van der Waals surface area contributed by atoms with Crippen molar-refractivity contribution in [2.24, 2.45) is 5.41 Å². The second-order valence-electron chi connectivity index (χ2n) is 8.50. The Bertz CT molecular complexity index is 923. The number of piperidine rings is 1. The number of aryl methyl sites for hydroxylation is 2. The van der Waals surface area contributed by atoms with Gasteiger partial charge in [-0.3, -0.25) is 9.78 Å². The van der Waals surface area contributed by atoms with E-state index in [-0.39, 0.29) is 11.3 Å². The molecule has 1 N–H and O–H groups in total. The van der Waals surface area contributed by atoms with E-state index in [1.54, 1.807) is 4.90 Å². The van der Waals surface area contributed by atoms with Gasteiger partial charge in [0.05, 0.1) is 5.52 Å². The number of carboxylic acid groups (broad SMARTS) is 1. The maximum atomic E-state index is 11.9. The van der Waals surface area contributed by atoms with Crippen LogP contribution in [0, 0.1) is 19.3 Å². The number of pyridine rings is 1. The molecule has 2 saturated heterocycles. The Hall–Kier alpha value is -2.63. The molecule has 0 saturated carbocycles. The van der Waals surface area contributed by atoms with Gasteiger partial charge in [0.25, 0.3) is 0 Å². The topological polar surface area (TPSA) is 73.7 Å². The summed E-state index contributed by atoms with van der Waals surface area (Å²) < 4.78 is 0. The van der Waals surface area contributed by atoms with Gasteiger partial charge >= 0.3 is 5.97 Å². The van der Waals surface area contributed by atoms with Gasteiger partial charge in [-0.1, -0.05) is 11.6 Å². The lowest BCUT2D eigenvalue weighted by Gasteiger charge is -2.40. The molecule has 1 aromatic heterocycles. The molecule has 1 unspecified atom stereocenters. The van der Waals surface area contributed by atoms with Crippen molar-refractivity contribution in [3.8, 4) is 0 Å². The van der Waals surface area contributed by atoms with Crippen LogP contribution in [0.4, 0.5) is 5.69 Å². The van der Waals surface area contributed by atoms with Crippen molar-refractivity contribution in [2.45, 2.75) is 46.1 Å². The molecule has 2 aromatic rings. The van der Waals surface area contributed by atoms with Gasteiger partial charge in [-0.15, -0.1) is 0 Å². The van der Waals surface area contributed by atoms with Gasteiger partial charge in [-0.2, -0.15) is 0 Å². The summed E-state index contributed by atoms with van der Waals surface area (Å²) in [6.07, 6.45) is 4.23. The van der Waals surface area contributed by atoms with Gasteiger partial charge in [0.1, 0.15) is 6.04 Å². The first-order chi connectivity index (χ1) is 13.3. The summed E-state index contributed by atoms with van der Waals surface area (Å²) >= 11 is 0. The standard InChI is InChI=1S/C22H27N3O3/c1-14-10-15(2)20-17(11-14)18(4-7-23-20)24-8-5-22(6-9-24)12-19(21(27)28)25(13-22)16(3)26/h4,7,10-11,19H,5-6,8-9,12-13H2,1-3H3,(H,27,28). The fourth-order valence-corrected chi connectivity index (χ4v) is 5.07. The molecule has 0 bridgehead atoms. The van der Waals surface area contributed by atoms with Gasteiger partial charge in [0, 0.05) is 43.8 Å². The molecule has 28 heavy (non-hydrogen) atoms. The largest absolute Gasteiger partial charge is 0.480 e. The number of likely N-dealkylation sites (tertiary alicyclic amines) is 1. The molecule has 2 aliphatic heterocycles. The summed E-state index contributed by atoms with van der Waals surface area (Å²) in [4.78, 5) is 32.1. The third-order valence-corrected chi connectivity index (χ3v) is 6.52. The Morgan fingerprint density at radius 3 is 2.54 bits per heavy atom. The Morgan fingerprint density at radius 1 is 1.21 bits per heavy atom. The van der Waals surface area contributed by atoms with Crippen molar-refractivity contribution >= 4 is 28.5 Å². The number of hydrogen-bond acceptors (Lipinski definition) is 4. The quantitative estimate of drug-likeness (QED) is 0.865. The van der Waals surface area contributed by atoms with Crippen LogP contribution in [-0.4, -0.2) is 52.5 Å². The third kappa shape index (κ3) is 3.11. The molecule has 2 aliphatic rings. The van der Waals surface area contributed by atoms with Crippen LogP contribution in [0.25, 0.3) is 10.9 Å². The van der Waals surface area contributed by atoms with E-state index >= 15 is 0 Å². The first-order valence-corrected chi connectivity index (χ1v) is 9.91. The number of aliphatic carboxylic acids is 1. The molecule has 148 valence electrons. The van der Waals surface area contributed by atoms with Gasteiger partial charge < -0.3 is 14.9 Å². The SMILES string of the molecule is CC(=O)N1CC2(CCN(c3ccnc4c(C)cc(C)cc34)CC2)CC1C(=O)O. The highest BCUT2D eigenvalue weighted by atomic mass is 16.4. The van der Waals surface area contributed by atoms with Gasteiger partial charge in [-0.05, 0) is 56.2 Å². The number of hydrogen-bond donors (Lipinski definition) is 1. The summed E-state index contributed by atoms with van der Waals surface area (Å²) in [5.74, 6) is -1.03. The molecule has 3 heterocycles. The molecule has 1 spiro atoms. The molecule has 4 rings (SSSR count). The Kier molecular flexibility index (Phi) is 4.52. The van der Waals surface area contributed by atoms with Gasteiger partial charge in [0.2, 0.25) is 5.91 Å². The number of carbonyl (C=O) groups is 2. The van der Waals surface area contributed by atoms with E-state index in [9.17, 15) is 14.7 Å². The summed E-state index contributed by atoms with van der Waals surface area (Å²) in [5.41, 5.74) is 4.56. The van der Waals surface area contributed by atoms with Crippen LogP contribution in [0.5, 0.6) is 0 Å². The van der Waals surface area contributed by atoms with E-state index in [1.807, 2.05) is 6.20 Å². The summed E-state index contributed by atoms with van der Waals surface area (Å²) in [7, 11) is 0. The molecule has 1 aromatic carbocycles. The normalized spacial score (nSPS) is 21.5. The second kappa shape index (κ2) is 6.76. The lowest BCUT2D eigenvalue weighted by Crippen LogP contribution is -2.42. The molecule has 6 nitrogen and oxygen atoms in total. The maximum Gasteiger partial charge on any atom is 0.326 e. The van der Waals surface area contributed by atoms with Crippen LogP contribution in [0.1, 0.15) is 37.3 Å². The second-order valence-corrected chi connectivity index (χ2v) is 8.50. The molecule has 0 aliphatic carbocycles. The fourth-order valence-electron chi connectivity index (χ4n) is 5.07. The Balaban J connectivity index is 1.58. The summed E-state index contributed by atoms with van der Waals surface area (Å²) in [6, 6.07) is 5.75. The van der Waals surface area contributed by atoms with E-state index in [4.69, 9.17) is 0 Å². The van der Waals surface area contributed by atoms with E-state index in [0.717, 1.165) is 31.4 Å². The predicted octanol–water partition coefficient (Wildman–Crippen LogP) is 3.14. The number of rotatable bonds is 2. The van der Waals surface area contributed by atoms with Crippen molar-refractivity contribution in [1.82, 2.24) is 9.88 Å². The first kappa shape index (κ1) is 18.7. The Labute approximate surface area is 165 Å². The number of benzene rings is 1. The number of anilines is 1. The van der Waals surface area contributed by atoms with Crippen LogP contribution < -0.4 is 4.90 Å². The average molecular weight is 381 g/mol. The van der Waals surface area contributed by atoms with Crippen LogP contribution in [0.3, 0.4) is 0 Å². The third-order valence-electron chi connectivity index (χ3n) is 6.52. The molecule has 6 heteroatoms. The van der Waals surface area contributed by atoms with E-state index in [1.165, 1.54) is 29.1 Å². The summed E-state index contributed by atoms with van der Waals surface area (Å²) in [6.45, 7) is 7.96. The van der Waals surface area contributed by atoms with Crippen molar-refractivity contribution in [3.05, 3.63) is 35.5 Å². The molecule has 0 radical (unpaired) electrons. The number of amides is 1. The monoisotopic (exact) mass is 381 g/mol. The van der Waals surface area contributed by atoms with Crippen LogP contribution in [0.2, 0.25) is 0 Å². The maximum absolute atomic E-state index is 11.9. The molecule has 1 amide bonds. The van der Waals surface area contributed by atoms with Gasteiger partial charge in [0.15, 0.2) is 0 Å². The fraction of sp³-hybridized carbons (Fsp3) is 0.500. The van der Waals surface area contributed by atoms with Crippen LogP contribution in [-0.2, 0) is 9.59 Å². The first-order valence-electron chi connectivity index (χ1n) is 9.91. The van der Waals surface area contributed by atoms with Crippen molar-refractivity contribution in [2.75, 3.05) is 24.5 Å². The predicted molar refractivity (Wildman–Crippen MR) is 109 cm³/mol. The number of aromatic nitrogens is 1. The highest BCUT2D eigenvalue weighted by molar-refractivity contribution is 5.94. The van der Waals surface area contributed by atoms with E-state index in [2.05, 4.69) is 41.9 Å². The average Bonchev–Trinajstić information content (AvgIpc) is 3.02. The lowest BCUT2D eigenvalue weighted by molar-refractivity contribution is -0.147. The number of carbonyl (C=O) groups excluding carboxylic acids is 1. The zero-order chi connectivity index (χ0) is 20.1. The number of carboxylic acids is 1. The molecule has 1 atom stereocenters. The minimum atomic E-state index is -0.888. The van der Waals surface area contributed by atoms with Gasteiger partial charge in [-0.25, -0.2) is 4.79 Å². The highest BCUT2D eigenvalue weighted by Crippen LogP contribution is 2.44.